The van der Waals surface area contributed by atoms with Crippen LogP contribution in [0.15, 0.2) is 48.7 Å². The van der Waals surface area contributed by atoms with Gasteiger partial charge in [0, 0.05) is 30.6 Å². The third-order valence-corrected chi connectivity index (χ3v) is 12.3. The molecule has 3 heterocycles. The first-order valence-electron chi connectivity index (χ1n) is 22.1. The van der Waals surface area contributed by atoms with Crippen molar-refractivity contribution in [2.75, 3.05) is 34.5 Å². The van der Waals surface area contributed by atoms with Crippen LogP contribution in [-0.4, -0.2) is 106 Å². The van der Waals surface area contributed by atoms with Crippen LogP contribution >= 0.6 is 0 Å². The molecule has 6 rings (SSSR count). The van der Waals surface area contributed by atoms with Gasteiger partial charge in [-0.2, -0.15) is 0 Å². The molecular formula is C48H64N8O8. The molecule has 0 unspecified atom stereocenters. The summed E-state index contributed by atoms with van der Waals surface area (Å²) in [7, 11) is 4.20. The molecule has 0 aliphatic carbocycles. The van der Waals surface area contributed by atoms with Crippen molar-refractivity contribution < 1.29 is 38.1 Å². The molecule has 0 spiro atoms. The Hall–Kier alpha value is -6.16. The molecule has 5 aromatic rings. The van der Waals surface area contributed by atoms with Gasteiger partial charge in [0.15, 0.2) is 0 Å². The van der Waals surface area contributed by atoms with Crippen LogP contribution in [0, 0.1) is 17.8 Å². The zero-order chi connectivity index (χ0) is 46.6. The summed E-state index contributed by atoms with van der Waals surface area (Å²) in [4.78, 5) is 72.9. The van der Waals surface area contributed by atoms with Gasteiger partial charge in [-0.1, -0.05) is 59.7 Å². The number of aromatic amines is 2. The van der Waals surface area contributed by atoms with E-state index in [1.54, 1.807) is 23.1 Å². The van der Waals surface area contributed by atoms with E-state index in [4.69, 9.17) is 28.9 Å². The highest BCUT2D eigenvalue weighted by Gasteiger charge is 2.36. The summed E-state index contributed by atoms with van der Waals surface area (Å²) in [6.07, 6.45) is 1.18. The molecule has 16 nitrogen and oxygen atoms in total. The largest absolute Gasteiger partial charge is 0.488 e. The number of alkyl carbamates (subject to hydrolysis) is 2. The number of benzene rings is 3. The minimum absolute atomic E-state index is 0.0142. The number of methoxy groups -OCH3 is 3. The van der Waals surface area contributed by atoms with Crippen molar-refractivity contribution in [2.45, 2.75) is 106 Å². The lowest BCUT2D eigenvalue weighted by Crippen LogP contribution is -2.54. The molecule has 4 N–H and O–H groups in total. The van der Waals surface area contributed by atoms with Crippen molar-refractivity contribution in [1.82, 2.24) is 40.4 Å². The van der Waals surface area contributed by atoms with Crippen LogP contribution in [0.3, 0.4) is 0 Å². The van der Waals surface area contributed by atoms with Crippen LogP contribution in [0.2, 0.25) is 0 Å². The molecule has 64 heavy (non-hydrogen) atoms. The SMILES string of the molecule is CC[C@H](C)N(C(=O)[C@@H](NC(=O)OC)C(C)C)[C@@H](C)c1ncc(-c2ccc3c(c2)COc2cc4c(ccc5[nH]c([C@H](C)N(C[C@H](C)COC)C(=O)[C@@H](NC(=O)OC)C(C)C)nc54)cc2-3)[nH]1. The number of ether oxygens (including phenoxy) is 4. The highest BCUT2D eigenvalue weighted by molar-refractivity contribution is 6.07. The van der Waals surface area contributed by atoms with Crippen LogP contribution in [0.25, 0.3) is 44.2 Å². The zero-order valence-electron chi connectivity index (χ0n) is 39.1. The smallest absolute Gasteiger partial charge is 0.407 e. The maximum Gasteiger partial charge on any atom is 0.407 e. The predicted molar refractivity (Wildman–Crippen MR) is 245 cm³/mol. The maximum atomic E-state index is 14.2. The van der Waals surface area contributed by atoms with Crippen LogP contribution in [0.4, 0.5) is 9.59 Å². The van der Waals surface area contributed by atoms with Crippen molar-refractivity contribution in [2.24, 2.45) is 17.8 Å². The fourth-order valence-electron chi connectivity index (χ4n) is 8.48. The third-order valence-electron chi connectivity index (χ3n) is 12.3. The highest BCUT2D eigenvalue weighted by atomic mass is 16.5. The number of H-pyrrole nitrogens is 2. The number of nitrogens with one attached hydrogen (secondary N) is 4. The van der Waals surface area contributed by atoms with E-state index in [0.29, 0.717) is 31.4 Å². The summed E-state index contributed by atoms with van der Waals surface area (Å²) >= 11 is 0. The van der Waals surface area contributed by atoms with Gasteiger partial charge in [-0.25, -0.2) is 19.6 Å². The summed E-state index contributed by atoms with van der Waals surface area (Å²) < 4.78 is 21.5. The Morgan fingerprint density at radius 2 is 1.47 bits per heavy atom. The summed E-state index contributed by atoms with van der Waals surface area (Å²) in [5, 5.41) is 7.34. The summed E-state index contributed by atoms with van der Waals surface area (Å²) in [5.41, 5.74) is 6.35. The van der Waals surface area contributed by atoms with Gasteiger partial charge in [-0.3, -0.25) is 9.59 Å². The average molecular weight is 881 g/mol. The molecule has 2 aromatic heterocycles. The number of nitrogens with zero attached hydrogens (tertiary/aromatic N) is 4. The normalized spacial score (nSPS) is 15.0. The molecule has 0 bridgehead atoms. The van der Waals surface area contributed by atoms with Gasteiger partial charge in [0.25, 0.3) is 0 Å². The maximum absolute atomic E-state index is 14.2. The Kier molecular flexibility index (Phi) is 14.9. The van der Waals surface area contributed by atoms with Gasteiger partial charge < -0.3 is 49.3 Å². The first-order chi connectivity index (χ1) is 30.5. The molecule has 16 heteroatoms. The number of carbonyl (C=O) groups excluding carboxylic acids is 4. The van der Waals surface area contributed by atoms with E-state index in [2.05, 4.69) is 50.9 Å². The van der Waals surface area contributed by atoms with E-state index in [1.165, 1.54) is 14.2 Å². The predicted octanol–water partition coefficient (Wildman–Crippen LogP) is 8.29. The monoisotopic (exact) mass is 880 g/mol. The van der Waals surface area contributed by atoms with Crippen LogP contribution in [0.5, 0.6) is 5.75 Å². The minimum atomic E-state index is -0.803. The lowest BCUT2D eigenvalue weighted by atomic mass is 9.92. The number of carbonyl (C=O) groups is 4. The van der Waals surface area contributed by atoms with Gasteiger partial charge in [0.1, 0.15) is 36.1 Å². The number of hydrogen-bond donors (Lipinski definition) is 4. The molecule has 0 radical (unpaired) electrons. The fourth-order valence-corrected chi connectivity index (χ4v) is 8.48. The van der Waals surface area contributed by atoms with E-state index in [-0.39, 0.29) is 35.6 Å². The Bertz CT molecular complexity index is 2480. The van der Waals surface area contributed by atoms with E-state index in [0.717, 1.165) is 61.9 Å². The van der Waals surface area contributed by atoms with Gasteiger partial charge in [0.05, 0.1) is 55.8 Å². The molecule has 6 atom stereocenters. The highest BCUT2D eigenvalue weighted by Crippen LogP contribution is 2.43. The number of rotatable bonds is 17. The Morgan fingerprint density at radius 1 is 0.797 bits per heavy atom. The topological polar surface area (TPSA) is 193 Å². The van der Waals surface area contributed by atoms with E-state index < -0.39 is 36.4 Å². The van der Waals surface area contributed by atoms with Gasteiger partial charge in [-0.15, -0.1) is 0 Å². The lowest BCUT2D eigenvalue weighted by molar-refractivity contribution is -0.139. The Labute approximate surface area is 375 Å². The average Bonchev–Trinajstić information content (AvgIpc) is 3.96. The Balaban J connectivity index is 1.28. The minimum Gasteiger partial charge on any atom is -0.488 e. The van der Waals surface area contributed by atoms with Crippen LogP contribution < -0.4 is 15.4 Å². The number of fused-ring (bicyclic) bond motifs is 6. The zero-order valence-corrected chi connectivity index (χ0v) is 39.1. The van der Waals surface area contributed by atoms with Crippen molar-refractivity contribution in [1.29, 1.82) is 0 Å². The fraction of sp³-hybridized carbons (Fsp3) is 0.500. The molecular weight excluding hydrogens is 817 g/mol. The molecule has 1 aliphatic heterocycles. The quantitative estimate of drug-likeness (QED) is 0.0706. The number of aromatic nitrogens is 4. The summed E-state index contributed by atoms with van der Waals surface area (Å²) in [5.74, 6) is 1.21. The molecule has 3 aromatic carbocycles. The van der Waals surface area contributed by atoms with Gasteiger partial charge in [-0.05, 0) is 91.3 Å². The second-order valence-corrected chi connectivity index (χ2v) is 17.6. The number of hydrogen-bond acceptors (Lipinski definition) is 10. The third kappa shape index (κ3) is 9.81. The van der Waals surface area contributed by atoms with Gasteiger partial charge in [0.2, 0.25) is 11.8 Å². The Morgan fingerprint density at radius 3 is 2.09 bits per heavy atom. The second-order valence-electron chi connectivity index (χ2n) is 17.6. The van der Waals surface area contributed by atoms with Crippen molar-refractivity contribution in [3.05, 3.63) is 65.9 Å². The number of amides is 4. The van der Waals surface area contributed by atoms with Crippen molar-refractivity contribution in [3.8, 4) is 28.1 Å². The summed E-state index contributed by atoms with van der Waals surface area (Å²) in [6.45, 7) is 18.7. The van der Waals surface area contributed by atoms with Crippen LogP contribution in [0.1, 0.15) is 98.0 Å². The lowest BCUT2D eigenvalue weighted by Gasteiger charge is -2.37. The second kappa shape index (κ2) is 20.1. The first kappa shape index (κ1) is 47.3. The van der Waals surface area contributed by atoms with E-state index in [1.807, 2.05) is 74.4 Å². The molecule has 0 saturated carbocycles. The van der Waals surface area contributed by atoms with Crippen molar-refractivity contribution >= 4 is 45.8 Å². The standard InChI is InChI=1S/C48H64N8O8/c1-13-28(7)56(46(58)41(26(4)5)54-48(60)63-12)30(9)43-49-21-38(51-43)32-14-16-34-33(18-32)24-64-39-20-35-31(19-36(34)39)15-17-37-42(35)52-44(50-37)29(8)55(22-27(6)23-61-10)45(57)40(25(2)3)53-47(59)62-11/h14-21,25-30,40-41H,13,22-24H2,1-12H3,(H,49,51)(H,50,52)(H,53,59)(H,54,60)/t27-,28-,29-,30-,40-,41-/m0/s1. The molecule has 1 aliphatic rings. The van der Waals surface area contributed by atoms with Gasteiger partial charge >= 0.3 is 12.2 Å². The molecule has 0 saturated heterocycles. The molecule has 0 fully saturated rings. The van der Waals surface area contributed by atoms with E-state index >= 15 is 0 Å². The molecule has 344 valence electrons. The molecule has 4 amide bonds. The van der Waals surface area contributed by atoms with E-state index in [9.17, 15) is 19.2 Å². The number of imidazole rings is 2. The summed E-state index contributed by atoms with van der Waals surface area (Å²) in [6, 6.07) is 11.9. The van der Waals surface area contributed by atoms with Crippen LogP contribution in [-0.2, 0) is 30.4 Å². The first-order valence-corrected chi connectivity index (χ1v) is 22.1. The van der Waals surface area contributed by atoms with Crippen molar-refractivity contribution in [3.63, 3.8) is 0 Å².